The molecule has 0 aromatic heterocycles. The summed E-state index contributed by atoms with van der Waals surface area (Å²) in [6.07, 6.45) is 0. The molecule has 176 valence electrons. The Morgan fingerprint density at radius 1 is 0.941 bits per heavy atom. The summed E-state index contributed by atoms with van der Waals surface area (Å²) in [6, 6.07) is 16.2. The molecule has 0 radical (unpaired) electrons. The largest absolute Gasteiger partial charge is 0.355 e. The van der Waals surface area contributed by atoms with Gasteiger partial charge in [-0.1, -0.05) is 18.2 Å². The van der Waals surface area contributed by atoms with E-state index in [9.17, 15) is 28.1 Å². The maximum absolute atomic E-state index is 12.6. The number of nitro groups is 1. The fourth-order valence-corrected chi connectivity index (χ4v) is 4.19. The average Bonchev–Trinajstić information content (AvgIpc) is 2.82. The van der Waals surface area contributed by atoms with Crippen LogP contribution in [0.5, 0.6) is 0 Å². The lowest BCUT2D eigenvalue weighted by Gasteiger charge is -2.10. The number of carbonyl (C=O) groups excluding carboxylic acids is 2. The molecule has 0 fully saturated rings. The van der Waals surface area contributed by atoms with Crippen molar-refractivity contribution in [3.05, 3.63) is 99.1 Å². The van der Waals surface area contributed by atoms with Gasteiger partial charge in [-0.25, -0.2) is 8.42 Å². The van der Waals surface area contributed by atoms with E-state index in [-0.39, 0.29) is 34.6 Å². The Kier molecular flexibility index (Phi) is 7.27. The Bertz CT molecular complexity index is 1350. The zero-order chi connectivity index (χ0) is 24.9. The van der Waals surface area contributed by atoms with Crippen molar-refractivity contribution in [2.75, 3.05) is 11.8 Å². The van der Waals surface area contributed by atoms with Gasteiger partial charge >= 0.3 is 0 Å². The molecule has 3 aromatic carbocycles. The highest BCUT2D eigenvalue weighted by Crippen LogP contribution is 2.24. The maximum Gasteiger partial charge on any atom is 0.273 e. The van der Waals surface area contributed by atoms with Crippen molar-refractivity contribution in [3.8, 4) is 0 Å². The van der Waals surface area contributed by atoms with E-state index in [1.807, 2.05) is 0 Å². The number of nitrogens with zero attached hydrogens (tertiary/aromatic N) is 1. The van der Waals surface area contributed by atoms with Gasteiger partial charge in [0.25, 0.3) is 27.5 Å². The number of hydrogen-bond donors (Lipinski definition) is 3. The SMILES string of the molecule is CNC(=O)c1cccc(CNC(=O)c2ccc(NS(=O)(=O)c3ccc(C)c([N+](=O)[O-])c3)cc2)c1. The molecule has 0 aliphatic rings. The van der Waals surface area contributed by atoms with Crippen molar-refractivity contribution >= 4 is 33.2 Å². The van der Waals surface area contributed by atoms with Gasteiger partial charge in [0.05, 0.1) is 9.82 Å². The van der Waals surface area contributed by atoms with E-state index in [1.165, 1.54) is 50.4 Å². The van der Waals surface area contributed by atoms with Gasteiger partial charge < -0.3 is 10.6 Å². The van der Waals surface area contributed by atoms with Crippen LogP contribution in [0.25, 0.3) is 0 Å². The molecule has 2 amide bonds. The number of sulfonamides is 1. The lowest BCUT2D eigenvalue weighted by molar-refractivity contribution is -0.385. The van der Waals surface area contributed by atoms with E-state index in [0.717, 1.165) is 11.6 Å². The zero-order valence-corrected chi connectivity index (χ0v) is 19.2. The first kappa shape index (κ1) is 24.4. The lowest BCUT2D eigenvalue weighted by Crippen LogP contribution is -2.23. The molecule has 0 aliphatic heterocycles. The van der Waals surface area contributed by atoms with Gasteiger partial charge in [0.1, 0.15) is 0 Å². The van der Waals surface area contributed by atoms with E-state index < -0.39 is 14.9 Å². The molecule has 11 heteroatoms. The molecule has 3 rings (SSSR count). The zero-order valence-electron chi connectivity index (χ0n) is 18.4. The Labute approximate surface area is 196 Å². The summed E-state index contributed by atoms with van der Waals surface area (Å²) in [4.78, 5) is 34.4. The Morgan fingerprint density at radius 2 is 1.65 bits per heavy atom. The Balaban J connectivity index is 1.67. The second kappa shape index (κ2) is 10.1. The number of nitrogens with one attached hydrogen (secondary N) is 3. The van der Waals surface area contributed by atoms with Crippen LogP contribution in [0.15, 0.2) is 71.6 Å². The summed E-state index contributed by atoms with van der Waals surface area (Å²) in [5, 5.41) is 16.4. The molecule has 34 heavy (non-hydrogen) atoms. The number of amides is 2. The molecular formula is C23H22N4O6S. The molecule has 0 spiro atoms. The van der Waals surface area contributed by atoms with Crippen LogP contribution in [0.1, 0.15) is 31.8 Å². The van der Waals surface area contributed by atoms with Gasteiger partial charge in [-0.3, -0.25) is 24.4 Å². The number of aryl methyl sites for hydroxylation is 1. The molecule has 10 nitrogen and oxygen atoms in total. The number of nitro benzene ring substituents is 1. The van der Waals surface area contributed by atoms with Crippen molar-refractivity contribution in [1.82, 2.24) is 10.6 Å². The number of carbonyl (C=O) groups is 2. The molecular weight excluding hydrogens is 460 g/mol. The number of anilines is 1. The third-order valence-corrected chi connectivity index (χ3v) is 6.34. The standard InChI is InChI=1S/C23H22N4O6S/c1-15-6-11-20(13-21(15)27(30)31)34(32,33)26-19-9-7-17(8-10-19)23(29)25-14-16-4-3-5-18(12-16)22(28)24-2/h3-13,26H,14H2,1-2H3,(H,24,28)(H,25,29). The molecule has 0 saturated heterocycles. The first-order valence-corrected chi connectivity index (χ1v) is 11.6. The van der Waals surface area contributed by atoms with Crippen LogP contribution < -0.4 is 15.4 Å². The van der Waals surface area contributed by atoms with Gasteiger partial charge in [0.15, 0.2) is 0 Å². The van der Waals surface area contributed by atoms with Gasteiger partial charge in [-0.15, -0.1) is 0 Å². The molecule has 0 bridgehead atoms. The fraction of sp³-hybridized carbons (Fsp3) is 0.130. The fourth-order valence-electron chi connectivity index (χ4n) is 3.11. The quantitative estimate of drug-likeness (QED) is 0.332. The van der Waals surface area contributed by atoms with Crippen LogP contribution in [0, 0.1) is 17.0 Å². The normalized spacial score (nSPS) is 10.9. The minimum Gasteiger partial charge on any atom is -0.355 e. The molecule has 0 heterocycles. The molecule has 0 aliphatic carbocycles. The predicted octanol–water partition coefficient (Wildman–Crippen LogP) is 2.99. The van der Waals surface area contributed by atoms with Crippen molar-refractivity contribution in [2.45, 2.75) is 18.4 Å². The van der Waals surface area contributed by atoms with Crippen molar-refractivity contribution in [2.24, 2.45) is 0 Å². The monoisotopic (exact) mass is 482 g/mol. The summed E-state index contributed by atoms with van der Waals surface area (Å²) in [5.41, 5.74) is 1.76. The van der Waals surface area contributed by atoms with Crippen molar-refractivity contribution in [3.63, 3.8) is 0 Å². The van der Waals surface area contributed by atoms with E-state index in [0.29, 0.717) is 16.7 Å². The number of benzene rings is 3. The van der Waals surface area contributed by atoms with E-state index in [4.69, 9.17) is 0 Å². The molecule has 0 atom stereocenters. The Morgan fingerprint density at radius 3 is 2.29 bits per heavy atom. The molecule has 3 N–H and O–H groups in total. The second-order valence-corrected chi connectivity index (χ2v) is 9.03. The van der Waals surface area contributed by atoms with Gasteiger partial charge in [0, 0.05) is 42.0 Å². The minimum atomic E-state index is -4.07. The van der Waals surface area contributed by atoms with Crippen LogP contribution in [0.3, 0.4) is 0 Å². The van der Waals surface area contributed by atoms with Gasteiger partial charge in [0.2, 0.25) is 0 Å². The topological polar surface area (TPSA) is 148 Å². The molecule has 0 saturated carbocycles. The van der Waals surface area contributed by atoms with E-state index >= 15 is 0 Å². The van der Waals surface area contributed by atoms with E-state index in [2.05, 4.69) is 15.4 Å². The summed E-state index contributed by atoms with van der Waals surface area (Å²) < 4.78 is 27.6. The minimum absolute atomic E-state index is 0.193. The summed E-state index contributed by atoms with van der Waals surface area (Å²) in [7, 11) is -2.53. The van der Waals surface area contributed by atoms with Crippen LogP contribution in [0.2, 0.25) is 0 Å². The summed E-state index contributed by atoms with van der Waals surface area (Å²) in [6.45, 7) is 1.72. The van der Waals surface area contributed by atoms with Crippen LogP contribution in [-0.4, -0.2) is 32.2 Å². The van der Waals surface area contributed by atoms with Crippen LogP contribution >= 0.6 is 0 Å². The highest BCUT2D eigenvalue weighted by molar-refractivity contribution is 7.92. The van der Waals surface area contributed by atoms with Crippen molar-refractivity contribution < 1.29 is 22.9 Å². The third kappa shape index (κ3) is 5.75. The first-order chi connectivity index (χ1) is 16.1. The summed E-state index contributed by atoms with van der Waals surface area (Å²) >= 11 is 0. The summed E-state index contributed by atoms with van der Waals surface area (Å²) in [5.74, 6) is -0.611. The smallest absolute Gasteiger partial charge is 0.273 e. The average molecular weight is 483 g/mol. The molecule has 0 unspecified atom stereocenters. The highest BCUT2D eigenvalue weighted by Gasteiger charge is 2.20. The lowest BCUT2D eigenvalue weighted by atomic mass is 10.1. The molecule has 3 aromatic rings. The highest BCUT2D eigenvalue weighted by atomic mass is 32.2. The second-order valence-electron chi connectivity index (χ2n) is 7.35. The van der Waals surface area contributed by atoms with Gasteiger partial charge in [-0.05, 0) is 55.0 Å². The Hall–Kier alpha value is -4.25. The first-order valence-electron chi connectivity index (χ1n) is 10.1. The van der Waals surface area contributed by atoms with E-state index in [1.54, 1.807) is 24.3 Å². The van der Waals surface area contributed by atoms with Crippen molar-refractivity contribution in [1.29, 1.82) is 0 Å². The number of hydrogen-bond acceptors (Lipinski definition) is 6. The number of rotatable bonds is 8. The predicted molar refractivity (Wildman–Crippen MR) is 126 cm³/mol. The van der Waals surface area contributed by atoms with Gasteiger partial charge in [-0.2, -0.15) is 0 Å². The maximum atomic E-state index is 12.6. The third-order valence-electron chi connectivity index (χ3n) is 4.96. The van der Waals surface area contributed by atoms with Crippen LogP contribution in [0.4, 0.5) is 11.4 Å². The van der Waals surface area contributed by atoms with Crippen LogP contribution in [-0.2, 0) is 16.6 Å².